The molecule has 15 heavy (non-hydrogen) atoms. The predicted molar refractivity (Wildman–Crippen MR) is 69.1 cm³/mol. The van der Waals surface area contributed by atoms with E-state index in [4.69, 9.17) is 5.26 Å². The summed E-state index contributed by atoms with van der Waals surface area (Å²) >= 11 is 1.90. The standard InChI is InChI=1S/C12H24N2S/c1-12(2,11-13)7-4-5-8-14-9-6-10-15-3/h14H,4-10H2,1-3H3. The summed E-state index contributed by atoms with van der Waals surface area (Å²) in [5, 5.41) is 12.3. The minimum atomic E-state index is -0.140. The van der Waals surface area contributed by atoms with Crippen molar-refractivity contribution < 1.29 is 0 Å². The smallest absolute Gasteiger partial charge is 0.0683 e. The normalized spacial score (nSPS) is 11.3. The molecule has 0 amide bonds. The fourth-order valence-electron chi connectivity index (χ4n) is 1.34. The second-order valence-corrected chi connectivity index (χ2v) is 5.53. The summed E-state index contributed by atoms with van der Waals surface area (Å²) in [4.78, 5) is 0. The lowest BCUT2D eigenvalue weighted by molar-refractivity contribution is 0.422. The van der Waals surface area contributed by atoms with Gasteiger partial charge in [-0.15, -0.1) is 0 Å². The van der Waals surface area contributed by atoms with Crippen molar-refractivity contribution in [3.05, 3.63) is 0 Å². The molecule has 0 saturated carbocycles. The molecule has 0 aliphatic carbocycles. The largest absolute Gasteiger partial charge is 0.317 e. The number of thioether (sulfide) groups is 1. The summed E-state index contributed by atoms with van der Waals surface area (Å²) in [5.41, 5.74) is -0.140. The Hall–Kier alpha value is -0.200. The molecule has 0 bridgehead atoms. The van der Waals surface area contributed by atoms with Crippen molar-refractivity contribution in [2.75, 3.05) is 25.1 Å². The lowest BCUT2D eigenvalue weighted by Gasteiger charge is -2.14. The van der Waals surface area contributed by atoms with Gasteiger partial charge in [0.05, 0.1) is 11.5 Å². The molecule has 0 spiro atoms. The molecule has 0 unspecified atom stereocenters. The van der Waals surface area contributed by atoms with Gasteiger partial charge >= 0.3 is 0 Å². The second-order valence-electron chi connectivity index (χ2n) is 4.55. The summed E-state index contributed by atoms with van der Waals surface area (Å²) in [5.74, 6) is 1.24. The van der Waals surface area contributed by atoms with Crippen LogP contribution in [-0.4, -0.2) is 25.1 Å². The van der Waals surface area contributed by atoms with E-state index in [9.17, 15) is 0 Å². The number of hydrogen-bond acceptors (Lipinski definition) is 3. The lowest BCUT2D eigenvalue weighted by Crippen LogP contribution is -2.18. The number of nitriles is 1. The van der Waals surface area contributed by atoms with Crippen molar-refractivity contribution in [3.63, 3.8) is 0 Å². The molecule has 0 heterocycles. The first-order chi connectivity index (χ1) is 7.12. The van der Waals surface area contributed by atoms with E-state index in [0.717, 1.165) is 25.9 Å². The van der Waals surface area contributed by atoms with Gasteiger partial charge in [0.25, 0.3) is 0 Å². The van der Waals surface area contributed by atoms with Crippen molar-refractivity contribution >= 4 is 11.8 Å². The molecule has 0 saturated heterocycles. The van der Waals surface area contributed by atoms with Crippen molar-refractivity contribution in [1.29, 1.82) is 5.26 Å². The van der Waals surface area contributed by atoms with Gasteiger partial charge in [0.1, 0.15) is 0 Å². The number of hydrogen-bond donors (Lipinski definition) is 1. The minimum Gasteiger partial charge on any atom is -0.317 e. The average molecular weight is 228 g/mol. The first-order valence-electron chi connectivity index (χ1n) is 5.73. The van der Waals surface area contributed by atoms with Crippen LogP contribution in [0.2, 0.25) is 0 Å². The van der Waals surface area contributed by atoms with E-state index in [1.807, 2.05) is 25.6 Å². The number of rotatable bonds is 9. The summed E-state index contributed by atoms with van der Waals surface area (Å²) < 4.78 is 0. The Labute approximate surface area is 98.8 Å². The molecule has 2 nitrogen and oxygen atoms in total. The van der Waals surface area contributed by atoms with Crippen LogP contribution in [0.5, 0.6) is 0 Å². The zero-order valence-corrected chi connectivity index (χ0v) is 11.1. The van der Waals surface area contributed by atoms with Gasteiger partial charge in [0.2, 0.25) is 0 Å². The zero-order chi connectivity index (χ0) is 11.6. The van der Waals surface area contributed by atoms with Crippen LogP contribution < -0.4 is 5.32 Å². The second kappa shape index (κ2) is 9.06. The minimum absolute atomic E-state index is 0.140. The average Bonchev–Trinajstić information content (AvgIpc) is 2.22. The van der Waals surface area contributed by atoms with Crippen LogP contribution in [0.3, 0.4) is 0 Å². The van der Waals surface area contributed by atoms with Crippen molar-refractivity contribution in [1.82, 2.24) is 5.32 Å². The third kappa shape index (κ3) is 10.1. The zero-order valence-electron chi connectivity index (χ0n) is 10.3. The summed E-state index contributed by atoms with van der Waals surface area (Å²) in [7, 11) is 0. The van der Waals surface area contributed by atoms with Crippen LogP contribution in [-0.2, 0) is 0 Å². The highest BCUT2D eigenvalue weighted by Gasteiger charge is 2.14. The molecule has 0 fully saturated rings. The molecular formula is C12H24N2S. The van der Waals surface area contributed by atoms with Crippen molar-refractivity contribution in [2.45, 2.75) is 39.5 Å². The molecule has 0 aromatic carbocycles. The van der Waals surface area contributed by atoms with E-state index < -0.39 is 0 Å². The maximum atomic E-state index is 8.83. The molecule has 0 aliphatic rings. The van der Waals surface area contributed by atoms with Gasteiger partial charge in [0.15, 0.2) is 0 Å². The lowest BCUT2D eigenvalue weighted by atomic mass is 9.89. The van der Waals surface area contributed by atoms with E-state index in [2.05, 4.69) is 17.6 Å². The predicted octanol–water partition coefficient (Wildman–Crippen LogP) is 3.05. The van der Waals surface area contributed by atoms with E-state index in [1.165, 1.54) is 18.6 Å². The van der Waals surface area contributed by atoms with Gasteiger partial charge in [-0.25, -0.2) is 0 Å². The molecule has 0 rings (SSSR count). The van der Waals surface area contributed by atoms with Gasteiger partial charge in [-0.05, 0) is 58.2 Å². The third-order valence-electron chi connectivity index (χ3n) is 2.41. The highest BCUT2D eigenvalue weighted by atomic mass is 32.2. The number of unbranched alkanes of at least 4 members (excludes halogenated alkanes) is 1. The van der Waals surface area contributed by atoms with E-state index in [0.29, 0.717) is 0 Å². The fourth-order valence-corrected chi connectivity index (χ4v) is 1.77. The molecule has 0 atom stereocenters. The molecule has 88 valence electrons. The maximum absolute atomic E-state index is 8.83. The maximum Gasteiger partial charge on any atom is 0.0683 e. The Bertz CT molecular complexity index is 185. The molecule has 0 aliphatic heterocycles. The van der Waals surface area contributed by atoms with Gasteiger partial charge in [-0.1, -0.05) is 6.42 Å². The van der Waals surface area contributed by atoms with Crippen molar-refractivity contribution in [3.8, 4) is 6.07 Å². The van der Waals surface area contributed by atoms with Crippen LogP contribution in [0.1, 0.15) is 39.5 Å². The van der Waals surface area contributed by atoms with Gasteiger partial charge < -0.3 is 5.32 Å². The monoisotopic (exact) mass is 228 g/mol. The van der Waals surface area contributed by atoms with Crippen LogP contribution in [0.25, 0.3) is 0 Å². The topological polar surface area (TPSA) is 35.8 Å². The Kier molecular flexibility index (Phi) is 8.94. The fraction of sp³-hybridized carbons (Fsp3) is 0.917. The Morgan fingerprint density at radius 3 is 2.47 bits per heavy atom. The quantitative estimate of drug-likeness (QED) is 0.616. The first-order valence-corrected chi connectivity index (χ1v) is 7.13. The SMILES string of the molecule is CSCCCNCCCCC(C)(C)C#N. The molecule has 1 N–H and O–H groups in total. The van der Waals surface area contributed by atoms with Gasteiger partial charge in [-0.2, -0.15) is 17.0 Å². The van der Waals surface area contributed by atoms with E-state index >= 15 is 0 Å². The Morgan fingerprint density at radius 2 is 1.87 bits per heavy atom. The van der Waals surface area contributed by atoms with E-state index in [1.54, 1.807) is 0 Å². The Morgan fingerprint density at radius 1 is 1.20 bits per heavy atom. The molecule has 3 heteroatoms. The molecule has 0 aromatic heterocycles. The first kappa shape index (κ1) is 14.8. The van der Waals surface area contributed by atoms with Crippen LogP contribution in [0, 0.1) is 16.7 Å². The summed E-state index contributed by atoms with van der Waals surface area (Å²) in [6.45, 7) is 6.25. The molecule has 0 radical (unpaired) electrons. The van der Waals surface area contributed by atoms with E-state index in [-0.39, 0.29) is 5.41 Å². The van der Waals surface area contributed by atoms with Crippen LogP contribution in [0.4, 0.5) is 0 Å². The van der Waals surface area contributed by atoms with Gasteiger partial charge in [-0.3, -0.25) is 0 Å². The highest BCUT2D eigenvalue weighted by Crippen LogP contribution is 2.21. The summed E-state index contributed by atoms with van der Waals surface area (Å²) in [6, 6.07) is 2.34. The van der Waals surface area contributed by atoms with Gasteiger partial charge in [0, 0.05) is 0 Å². The number of nitrogens with one attached hydrogen (secondary N) is 1. The number of nitrogens with zero attached hydrogens (tertiary/aromatic N) is 1. The Balaban J connectivity index is 3.16. The van der Waals surface area contributed by atoms with Crippen molar-refractivity contribution in [2.24, 2.45) is 5.41 Å². The highest BCUT2D eigenvalue weighted by molar-refractivity contribution is 7.98. The van der Waals surface area contributed by atoms with Crippen LogP contribution in [0.15, 0.2) is 0 Å². The molecule has 0 aromatic rings. The van der Waals surface area contributed by atoms with Crippen LogP contribution >= 0.6 is 11.8 Å². The summed E-state index contributed by atoms with van der Waals surface area (Å²) in [6.07, 6.45) is 6.74. The molecular weight excluding hydrogens is 204 g/mol. The third-order valence-corrected chi connectivity index (χ3v) is 3.11.